The van der Waals surface area contributed by atoms with E-state index in [1.54, 1.807) is 13.3 Å². The number of hydrogen-bond acceptors (Lipinski definition) is 3. The van der Waals surface area contributed by atoms with Gasteiger partial charge in [0.25, 0.3) is 0 Å². The topological polar surface area (TPSA) is 56.1 Å². The Morgan fingerprint density at radius 1 is 1.24 bits per heavy atom. The predicted octanol–water partition coefficient (Wildman–Crippen LogP) is 2.99. The molecule has 0 spiro atoms. The summed E-state index contributed by atoms with van der Waals surface area (Å²) in [4.78, 5) is 12.3. The predicted molar refractivity (Wildman–Crippen MR) is 97.7 cm³/mol. The number of aryl methyl sites for hydroxylation is 2. The van der Waals surface area contributed by atoms with Crippen LogP contribution in [0.15, 0.2) is 36.5 Å². The standard InChI is InChI=1S/C20H27N3O2/c1-23-17(11-14-22-23)7-10-19(24)21-15-20(12-3-4-13-20)16-5-8-18(25-2)9-6-16/h5-6,8-9,11,14H,3-4,7,10,12-13,15H2,1-2H3,(H,21,24). The van der Waals surface area contributed by atoms with Gasteiger partial charge in [0, 0.05) is 37.3 Å². The van der Waals surface area contributed by atoms with Crippen LogP contribution in [0.5, 0.6) is 5.75 Å². The van der Waals surface area contributed by atoms with Crippen molar-refractivity contribution in [2.45, 2.75) is 43.9 Å². The number of methoxy groups -OCH3 is 1. The molecule has 1 saturated carbocycles. The van der Waals surface area contributed by atoms with Crippen LogP contribution in [0.2, 0.25) is 0 Å². The SMILES string of the molecule is COc1ccc(C2(CNC(=O)CCc3ccnn3C)CCCC2)cc1. The van der Waals surface area contributed by atoms with E-state index >= 15 is 0 Å². The molecule has 1 heterocycles. The quantitative estimate of drug-likeness (QED) is 0.842. The van der Waals surface area contributed by atoms with E-state index in [1.165, 1.54) is 18.4 Å². The molecule has 25 heavy (non-hydrogen) atoms. The third kappa shape index (κ3) is 4.03. The van der Waals surface area contributed by atoms with Crippen molar-refractivity contribution in [1.82, 2.24) is 15.1 Å². The van der Waals surface area contributed by atoms with E-state index in [9.17, 15) is 4.79 Å². The number of carbonyl (C=O) groups is 1. The number of nitrogens with zero attached hydrogens (tertiary/aromatic N) is 2. The van der Waals surface area contributed by atoms with Crippen LogP contribution in [0.1, 0.15) is 43.4 Å². The maximum atomic E-state index is 12.3. The molecule has 0 bridgehead atoms. The highest BCUT2D eigenvalue weighted by atomic mass is 16.5. The van der Waals surface area contributed by atoms with Crippen molar-refractivity contribution in [3.05, 3.63) is 47.8 Å². The molecular formula is C20H27N3O2. The minimum absolute atomic E-state index is 0.0639. The molecule has 0 aliphatic heterocycles. The third-order valence-electron chi connectivity index (χ3n) is 5.42. The molecule has 0 radical (unpaired) electrons. The molecule has 1 aliphatic rings. The molecule has 134 valence electrons. The molecule has 1 N–H and O–H groups in total. The van der Waals surface area contributed by atoms with Crippen LogP contribution in [0, 0.1) is 0 Å². The molecule has 0 saturated heterocycles. The molecule has 5 heteroatoms. The van der Waals surface area contributed by atoms with E-state index in [2.05, 4.69) is 22.5 Å². The Morgan fingerprint density at radius 2 is 1.96 bits per heavy atom. The molecule has 0 atom stereocenters. The van der Waals surface area contributed by atoms with Crippen LogP contribution in [0.3, 0.4) is 0 Å². The monoisotopic (exact) mass is 341 g/mol. The van der Waals surface area contributed by atoms with Crippen LogP contribution in [-0.4, -0.2) is 29.3 Å². The molecule has 1 aliphatic carbocycles. The minimum Gasteiger partial charge on any atom is -0.497 e. The minimum atomic E-state index is 0.0639. The van der Waals surface area contributed by atoms with Gasteiger partial charge in [-0.25, -0.2) is 0 Å². The molecule has 3 rings (SSSR count). The lowest BCUT2D eigenvalue weighted by atomic mass is 9.78. The molecule has 1 fully saturated rings. The summed E-state index contributed by atoms with van der Waals surface area (Å²) in [5, 5.41) is 7.32. The van der Waals surface area contributed by atoms with Crippen molar-refractivity contribution in [1.29, 1.82) is 0 Å². The van der Waals surface area contributed by atoms with E-state index in [4.69, 9.17) is 4.74 Å². The fourth-order valence-corrected chi connectivity index (χ4v) is 3.81. The van der Waals surface area contributed by atoms with Gasteiger partial charge in [-0.05, 0) is 43.0 Å². The number of rotatable bonds is 7. The summed E-state index contributed by atoms with van der Waals surface area (Å²) in [6.45, 7) is 0.712. The maximum absolute atomic E-state index is 12.3. The second-order valence-electron chi connectivity index (χ2n) is 6.94. The van der Waals surface area contributed by atoms with Crippen molar-refractivity contribution in [2.75, 3.05) is 13.7 Å². The highest BCUT2D eigenvalue weighted by molar-refractivity contribution is 5.76. The Kier molecular flexibility index (Phi) is 5.41. The van der Waals surface area contributed by atoms with Gasteiger partial charge in [0.1, 0.15) is 5.75 Å². The van der Waals surface area contributed by atoms with Crippen LogP contribution >= 0.6 is 0 Å². The summed E-state index contributed by atoms with van der Waals surface area (Å²) >= 11 is 0. The average molecular weight is 341 g/mol. The molecule has 1 aromatic heterocycles. The van der Waals surface area contributed by atoms with Crippen molar-refractivity contribution in [3.63, 3.8) is 0 Å². The highest BCUT2D eigenvalue weighted by Gasteiger charge is 2.35. The summed E-state index contributed by atoms with van der Waals surface area (Å²) < 4.78 is 7.09. The van der Waals surface area contributed by atoms with Gasteiger partial charge in [0.2, 0.25) is 5.91 Å². The molecule has 5 nitrogen and oxygen atoms in total. The average Bonchev–Trinajstić information content (AvgIpc) is 3.28. The summed E-state index contributed by atoms with van der Waals surface area (Å²) in [5.41, 5.74) is 2.45. The van der Waals surface area contributed by atoms with Crippen molar-refractivity contribution < 1.29 is 9.53 Å². The molecular weight excluding hydrogens is 314 g/mol. The zero-order valence-corrected chi connectivity index (χ0v) is 15.1. The molecule has 2 aromatic rings. The number of carbonyl (C=O) groups excluding carboxylic acids is 1. The molecule has 1 aromatic carbocycles. The Labute approximate surface area is 149 Å². The summed E-state index contributed by atoms with van der Waals surface area (Å²) in [6, 6.07) is 10.3. The summed E-state index contributed by atoms with van der Waals surface area (Å²) in [5.74, 6) is 0.984. The van der Waals surface area contributed by atoms with Crippen molar-refractivity contribution in [3.8, 4) is 5.75 Å². The second kappa shape index (κ2) is 7.72. The first-order valence-corrected chi connectivity index (χ1v) is 9.01. The van der Waals surface area contributed by atoms with Crippen LogP contribution < -0.4 is 10.1 Å². The summed E-state index contributed by atoms with van der Waals surface area (Å²) in [7, 11) is 3.59. The lowest BCUT2D eigenvalue weighted by Gasteiger charge is -2.30. The number of benzene rings is 1. The van der Waals surface area contributed by atoms with Crippen molar-refractivity contribution in [2.24, 2.45) is 7.05 Å². The number of ether oxygens (including phenoxy) is 1. The Bertz CT molecular complexity index is 700. The molecule has 1 amide bonds. The first-order valence-electron chi connectivity index (χ1n) is 9.01. The van der Waals surface area contributed by atoms with E-state index < -0.39 is 0 Å². The van der Waals surface area contributed by atoms with Crippen LogP contribution in [0.4, 0.5) is 0 Å². The lowest BCUT2D eigenvalue weighted by molar-refractivity contribution is -0.121. The Morgan fingerprint density at radius 3 is 2.56 bits per heavy atom. The molecule has 0 unspecified atom stereocenters. The normalized spacial score (nSPS) is 15.9. The largest absolute Gasteiger partial charge is 0.497 e. The first-order chi connectivity index (χ1) is 12.1. The van der Waals surface area contributed by atoms with Gasteiger partial charge >= 0.3 is 0 Å². The van der Waals surface area contributed by atoms with Crippen LogP contribution in [0.25, 0.3) is 0 Å². The number of aromatic nitrogens is 2. The number of amides is 1. The number of nitrogens with one attached hydrogen (secondary N) is 1. The van der Waals surface area contributed by atoms with Gasteiger partial charge in [0.05, 0.1) is 7.11 Å². The van der Waals surface area contributed by atoms with Crippen LogP contribution in [-0.2, 0) is 23.7 Å². The second-order valence-corrected chi connectivity index (χ2v) is 6.94. The van der Waals surface area contributed by atoms with Crippen molar-refractivity contribution >= 4 is 5.91 Å². The zero-order chi connectivity index (χ0) is 17.7. The fourth-order valence-electron chi connectivity index (χ4n) is 3.81. The van der Waals surface area contributed by atoms with Gasteiger partial charge in [-0.3, -0.25) is 9.48 Å². The van der Waals surface area contributed by atoms with E-state index in [1.807, 2.05) is 29.9 Å². The highest BCUT2D eigenvalue weighted by Crippen LogP contribution is 2.41. The van der Waals surface area contributed by atoms with E-state index in [0.29, 0.717) is 13.0 Å². The summed E-state index contributed by atoms with van der Waals surface area (Å²) in [6.07, 6.45) is 7.68. The van der Waals surface area contributed by atoms with Gasteiger partial charge in [-0.15, -0.1) is 0 Å². The van der Waals surface area contributed by atoms with Gasteiger partial charge in [-0.1, -0.05) is 25.0 Å². The smallest absolute Gasteiger partial charge is 0.220 e. The zero-order valence-electron chi connectivity index (χ0n) is 15.1. The van der Waals surface area contributed by atoms with Gasteiger partial charge in [0.15, 0.2) is 0 Å². The maximum Gasteiger partial charge on any atom is 0.220 e. The Hall–Kier alpha value is -2.30. The third-order valence-corrected chi connectivity index (χ3v) is 5.42. The van der Waals surface area contributed by atoms with Gasteiger partial charge in [-0.2, -0.15) is 5.10 Å². The Balaban J connectivity index is 1.59. The van der Waals surface area contributed by atoms with E-state index in [-0.39, 0.29) is 11.3 Å². The lowest BCUT2D eigenvalue weighted by Crippen LogP contribution is -2.39. The van der Waals surface area contributed by atoms with E-state index in [0.717, 1.165) is 30.7 Å². The van der Waals surface area contributed by atoms with Gasteiger partial charge < -0.3 is 10.1 Å². The first kappa shape index (κ1) is 17.5. The fraction of sp³-hybridized carbons (Fsp3) is 0.500. The number of hydrogen-bond donors (Lipinski definition) is 1.